The van der Waals surface area contributed by atoms with Crippen LogP contribution in [0.25, 0.3) is 0 Å². The number of hydrogen-bond acceptors (Lipinski definition) is 2. The molecule has 4 nitrogen and oxygen atoms in total. The van der Waals surface area contributed by atoms with E-state index in [0.717, 1.165) is 19.0 Å². The Morgan fingerprint density at radius 3 is 2.22 bits per heavy atom. The molecule has 0 unspecified atom stereocenters. The van der Waals surface area contributed by atoms with Crippen LogP contribution in [-0.2, 0) is 0 Å². The number of nitrogens with one attached hydrogen (secondary N) is 2. The van der Waals surface area contributed by atoms with Gasteiger partial charge in [0.2, 0.25) is 0 Å². The highest BCUT2D eigenvalue weighted by Crippen LogP contribution is 1.97. The van der Waals surface area contributed by atoms with Crippen LogP contribution < -0.4 is 10.6 Å². The quantitative estimate of drug-likeness (QED) is 0.377. The minimum Gasteiger partial charge on any atom is -0.356 e. The molecule has 0 heterocycles. The Hall–Kier alpha value is -0.770. The van der Waals surface area contributed by atoms with Gasteiger partial charge in [-0.1, -0.05) is 13.3 Å². The van der Waals surface area contributed by atoms with Crippen molar-refractivity contribution in [2.24, 2.45) is 4.99 Å². The molecule has 0 aliphatic carbocycles. The largest absolute Gasteiger partial charge is 0.356 e. The molecular formula is C14H32N4. The number of rotatable bonds is 9. The molecular weight excluding hydrogens is 224 g/mol. The lowest BCUT2D eigenvalue weighted by atomic mass is 10.2. The predicted molar refractivity (Wildman–Crippen MR) is 81.3 cm³/mol. The van der Waals surface area contributed by atoms with Crippen molar-refractivity contribution >= 4 is 5.96 Å². The van der Waals surface area contributed by atoms with Crippen LogP contribution in [0.5, 0.6) is 0 Å². The molecule has 18 heavy (non-hydrogen) atoms. The Bertz CT molecular complexity index is 214. The second-order valence-electron chi connectivity index (χ2n) is 5.06. The molecule has 0 radical (unpaired) electrons. The first kappa shape index (κ1) is 17.2. The smallest absolute Gasteiger partial charge is 0.190 e. The monoisotopic (exact) mass is 256 g/mol. The summed E-state index contributed by atoms with van der Waals surface area (Å²) in [6, 6.07) is 0.640. The van der Waals surface area contributed by atoms with E-state index in [9.17, 15) is 0 Å². The molecule has 2 N–H and O–H groups in total. The van der Waals surface area contributed by atoms with E-state index in [-0.39, 0.29) is 0 Å². The highest BCUT2D eigenvalue weighted by Gasteiger charge is 2.02. The van der Waals surface area contributed by atoms with Crippen LogP contribution >= 0.6 is 0 Å². The van der Waals surface area contributed by atoms with Gasteiger partial charge in [-0.25, -0.2) is 0 Å². The zero-order valence-electron chi connectivity index (χ0n) is 12.9. The van der Waals surface area contributed by atoms with Gasteiger partial charge in [-0.15, -0.1) is 0 Å². The third-order valence-corrected chi connectivity index (χ3v) is 3.16. The summed E-state index contributed by atoms with van der Waals surface area (Å²) in [6.45, 7) is 9.84. The van der Waals surface area contributed by atoms with Crippen LogP contribution in [0.15, 0.2) is 4.99 Å². The SMILES string of the molecule is CCCCNC(=NC)NCCCCN(C)C(C)C. The van der Waals surface area contributed by atoms with Crippen LogP contribution in [-0.4, -0.2) is 50.6 Å². The summed E-state index contributed by atoms with van der Waals surface area (Å²) in [5.41, 5.74) is 0. The maximum Gasteiger partial charge on any atom is 0.190 e. The first-order valence-corrected chi connectivity index (χ1v) is 7.26. The molecule has 0 aliphatic rings. The van der Waals surface area contributed by atoms with Crippen molar-refractivity contribution in [1.82, 2.24) is 15.5 Å². The van der Waals surface area contributed by atoms with E-state index >= 15 is 0 Å². The Kier molecular flexibility index (Phi) is 10.8. The van der Waals surface area contributed by atoms with Gasteiger partial charge in [-0.2, -0.15) is 0 Å². The first-order valence-electron chi connectivity index (χ1n) is 7.26. The number of nitrogens with zero attached hydrogens (tertiary/aromatic N) is 2. The van der Waals surface area contributed by atoms with Crippen LogP contribution in [0.4, 0.5) is 0 Å². The lowest BCUT2D eigenvalue weighted by Crippen LogP contribution is -2.38. The van der Waals surface area contributed by atoms with Crippen molar-refractivity contribution in [2.45, 2.75) is 52.5 Å². The number of aliphatic imine (C=N–C) groups is 1. The molecule has 0 aromatic carbocycles. The van der Waals surface area contributed by atoms with E-state index in [1.165, 1.54) is 32.2 Å². The number of hydrogen-bond donors (Lipinski definition) is 2. The fraction of sp³-hybridized carbons (Fsp3) is 0.929. The van der Waals surface area contributed by atoms with E-state index in [1.54, 1.807) is 0 Å². The number of guanidine groups is 1. The lowest BCUT2D eigenvalue weighted by Gasteiger charge is -2.20. The first-order chi connectivity index (χ1) is 8.61. The zero-order valence-corrected chi connectivity index (χ0v) is 12.9. The fourth-order valence-electron chi connectivity index (χ4n) is 1.56. The Morgan fingerprint density at radius 1 is 1.11 bits per heavy atom. The van der Waals surface area contributed by atoms with Crippen LogP contribution in [0.1, 0.15) is 46.5 Å². The van der Waals surface area contributed by atoms with Crippen molar-refractivity contribution in [3.8, 4) is 0 Å². The summed E-state index contributed by atoms with van der Waals surface area (Å²) < 4.78 is 0. The summed E-state index contributed by atoms with van der Waals surface area (Å²) in [7, 11) is 4.01. The van der Waals surface area contributed by atoms with E-state index in [0.29, 0.717) is 6.04 Å². The molecule has 0 atom stereocenters. The minimum atomic E-state index is 0.640. The molecule has 0 aromatic heterocycles. The van der Waals surface area contributed by atoms with Gasteiger partial charge in [0.1, 0.15) is 0 Å². The predicted octanol–water partition coefficient (Wildman–Crippen LogP) is 2.07. The minimum absolute atomic E-state index is 0.640. The van der Waals surface area contributed by atoms with Gasteiger partial charge < -0.3 is 15.5 Å². The van der Waals surface area contributed by atoms with Crippen molar-refractivity contribution in [1.29, 1.82) is 0 Å². The molecule has 0 spiro atoms. The third kappa shape index (κ3) is 9.28. The molecule has 0 bridgehead atoms. The normalized spacial score (nSPS) is 12.3. The molecule has 108 valence electrons. The average molecular weight is 256 g/mol. The highest BCUT2D eigenvalue weighted by atomic mass is 15.2. The summed E-state index contributed by atoms with van der Waals surface area (Å²) in [6.07, 6.45) is 4.82. The molecule has 0 rings (SSSR count). The molecule has 0 saturated carbocycles. The lowest BCUT2D eigenvalue weighted by molar-refractivity contribution is 0.268. The standard InChI is InChI=1S/C14H32N4/c1-6-7-10-16-14(15-4)17-11-8-9-12-18(5)13(2)3/h13H,6-12H2,1-5H3,(H2,15,16,17). The van der Waals surface area contributed by atoms with Gasteiger partial charge in [-0.05, 0) is 46.7 Å². The molecule has 0 aromatic rings. The second-order valence-corrected chi connectivity index (χ2v) is 5.06. The van der Waals surface area contributed by atoms with Crippen LogP contribution in [0.2, 0.25) is 0 Å². The average Bonchev–Trinajstić information content (AvgIpc) is 2.36. The summed E-state index contributed by atoms with van der Waals surface area (Å²) in [5, 5.41) is 6.67. The Labute approximate surface area is 113 Å². The molecule has 0 saturated heterocycles. The van der Waals surface area contributed by atoms with Gasteiger partial charge in [0, 0.05) is 26.2 Å². The molecule has 0 fully saturated rings. The van der Waals surface area contributed by atoms with Crippen molar-refractivity contribution in [2.75, 3.05) is 33.7 Å². The van der Waals surface area contributed by atoms with E-state index in [2.05, 4.69) is 48.3 Å². The van der Waals surface area contributed by atoms with E-state index in [4.69, 9.17) is 0 Å². The summed E-state index contributed by atoms with van der Waals surface area (Å²) >= 11 is 0. The zero-order chi connectivity index (χ0) is 13.8. The highest BCUT2D eigenvalue weighted by molar-refractivity contribution is 5.79. The summed E-state index contributed by atoms with van der Waals surface area (Å²) in [4.78, 5) is 6.59. The maximum absolute atomic E-state index is 4.20. The van der Waals surface area contributed by atoms with Gasteiger partial charge in [-0.3, -0.25) is 4.99 Å². The molecule has 0 amide bonds. The molecule has 4 heteroatoms. The maximum atomic E-state index is 4.20. The van der Waals surface area contributed by atoms with Gasteiger partial charge >= 0.3 is 0 Å². The number of unbranched alkanes of at least 4 members (excludes halogenated alkanes) is 2. The second kappa shape index (κ2) is 11.3. The molecule has 0 aliphatic heterocycles. The van der Waals surface area contributed by atoms with Crippen molar-refractivity contribution in [3.05, 3.63) is 0 Å². The van der Waals surface area contributed by atoms with Gasteiger partial charge in [0.15, 0.2) is 5.96 Å². The van der Waals surface area contributed by atoms with Crippen LogP contribution in [0, 0.1) is 0 Å². The summed E-state index contributed by atoms with van der Waals surface area (Å²) in [5.74, 6) is 0.931. The van der Waals surface area contributed by atoms with Crippen molar-refractivity contribution in [3.63, 3.8) is 0 Å². The Balaban J connectivity index is 3.51. The van der Waals surface area contributed by atoms with Gasteiger partial charge in [0.05, 0.1) is 0 Å². The third-order valence-electron chi connectivity index (χ3n) is 3.16. The Morgan fingerprint density at radius 2 is 1.72 bits per heavy atom. The van der Waals surface area contributed by atoms with Crippen molar-refractivity contribution < 1.29 is 0 Å². The van der Waals surface area contributed by atoms with Crippen LogP contribution in [0.3, 0.4) is 0 Å². The van der Waals surface area contributed by atoms with Gasteiger partial charge in [0.25, 0.3) is 0 Å². The van der Waals surface area contributed by atoms with E-state index < -0.39 is 0 Å². The fourth-order valence-corrected chi connectivity index (χ4v) is 1.56. The topological polar surface area (TPSA) is 39.7 Å². The van der Waals surface area contributed by atoms with E-state index in [1.807, 2.05) is 7.05 Å².